The molecule has 1 heterocycles. The monoisotopic (exact) mass is 283 g/mol. The number of oxazole rings is 1. The van der Waals surface area contributed by atoms with Crippen molar-refractivity contribution in [3.8, 4) is 0 Å². The van der Waals surface area contributed by atoms with Gasteiger partial charge in [0.15, 0.2) is 0 Å². The zero-order valence-electron chi connectivity index (χ0n) is 11.4. The van der Waals surface area contributed by atoms with E-state index in [1.807, 2.05) is 6.92 Å². The van der Waals surface area contributed by atoms with Crippen molar-refractivity contribution in [2.75, 3.05) is 12.3 Å². The van der Waals surface area contributed by atoms with Crippen LogP contribution in [-0.2, 0) is 4.79 Å². The van der Waals surface area contributed by atoms with Crippen LogP contribution < -0.4 is 11.1 Å². The highest BCUT2D eigenvalue weighted by molar-refractivity contribution is 7.99. The fourth-order valence-electron chi connectivity index (χ4n) is 2.17. The normalized spacial score (nSPS) is 18.2. The molecule has 1 aliphatic carbocycles. The molecule has 0 radical (unpaired) electrons. The molecule has 1 aromatic heterocycles. The van der Waals surface area contributed by atoms with Gasteiger partial charge in [0, 0.05) is 5.75 Å². The topological polar surface area (TPSA) is 81.2 Å². The highest BCUT2D eigenvalue weighted by Crippen LogP contribution is 2.42. The van der Waals surface area contributed by atoms with Crippen LogP contribution in [0, 0.1) is 12.8 Å². The van der Waals surface area contributed by atoms with Gasteiger partial charge >= 0.3 is 0 Å². The second-order valence-corrected chi connectivity index (χ2v) is 6.01. The van der Waals surface area contributed by atoms with E-state index < -0.39 is 5.54 Å². The second kappa shape index (κ2) is 5.96. The van der Waals surface area contributed by atoms with Gasteiger partial charge in [0.05, 0.1) is 5.69 Å². The van der Waals surface area contributed by atoms with Crippen LogP contribution in [0.15, 0.2) is 15.9 Å². The number of hydrogen-bond donors (Lipinski definition) is 2. The molecule has 1 unspecified atom stereocenters. The Morgan fingerprint density at radius 3 is 2.89 bits per heavy atom. The quantitative estimate of drug-likeness (QED) is 0.710. The van der Waals surface area contributed by atoms with Crippen LogP contribution in [-0.4, -0.2) is 28.7 Å². The van der Waals surface area contributed by atoms with Crippen molar-refractivity contribution in [1.82, 2.24) is 10.3 Å². The Morgan fingerprint density at radius 2 is 2.42 bits per heavy atom. The first-order valence-corrected chi connectivity index (χ1v) is 7.67. The summed E-state index contributed by atoms with van der Waals surface area (Å²) in [6.07, 6.45) is 4.71. The molecule has 1 fully saturated rings. The Morgan fingerprint density at radius 1 is 1.68 bits per heavy atom. The summed E-state index contributed by atoms with van der Waals surface area (Å²) in [5.41, 5.74) is 5.88. The number of thioether (sulfide) groups is 1. The Hall–Kier alpha value is -1.01. The van der Waals surface area contributed by atoms with Crippen LogP contribution >= 0.6 is 11.8 Å². The van der Waals surface area contributed by atoms with Gasteiger partial charge in [0.2, 0.25) is 5.91 Å². The first-order valence-electron chi connectivity index (χ1n) is 6.68. The Balaban J connectivity index is 2.05. The minimum absolute atomic E-state index is 0.265. The summed E-state index contributed by atoms with van der Waals surface area (Å²) >= 11 is 1.45. The molecule has 2 rings (SSSR count). The molecule has 0 aliphatic heterocycles. The van der Waals surface area contributed by atoms with Crippen molar-refractivity contribution in [2.24, 2.45) is 11.7 Å². The number of nitrogens with zero attached hydrogens (tertiary/aromatic N) is 1. The van der Waals surface area contributed by atoms with Crippen molar-refractivity contribution < 1.29 is 9.21 Å². The van der Waals surface area contributed by atoms with E-state index in [9.17, 15) is 4.79 Å². The molecule has 1 saturated carbocycles. The predicted octanol–water partition coefficient (Wildman–Crippen LogP) is 1.71. The summed E-state index contributed by atoms with van der Waals surface area (Å²) in [7, 11) is 0. The maximum Gasteiger partial charge on any atom is 0.255 e. The highest BCUT2D eigenvalue weighted by Gasteiger charge is 2.49. The van der Waals surface area contributed by atoms with Gasteiger partial charge in [-0.1, -0.05) is 18.7 Å². The van der Waals surface area contributed by atoms with E-state index in [-0.39, 0.29) is 5.91 Å². The predicted molar refractivity (Wildman–Crippen MR) is 74.9 cm³/mol. The zero-order chi connectivity index (χ0) is 13.9. The molecule has 0 saturated heterocycles. The van der Waals surface area contributed by atoms with E-state index in [0.29, 0.717) is 16.9 Å². The molecule has 1 atom stereocenters. The number of carbonyl (C=O) groups is 1. The van der Waals surface area contributed by atoms with Gasteiger partial charge in [-0.05, 0) is 38.6 Å². The molecule has 19 heavy (non-hydrogen) atoms. The number of aryl methyl sites for hydroxylation is 1. The summed E-state index contributed by atoms with van der Waals surface area (Å²) in [5, 5.41) is 3.96. The van der Waals surface area contributed by atoms with E-state index >= 15 is 0 Å². The second-order valence-electron chi connectivity index (χ2n) is 5.08. The Kier molecular flexibility index (Phi) is 4.52. The third-order valence-electron chi connectivity index (χ3n) is 3.43. The van der Waals surface area contributed by atoms with Crippen molar-refractivity contribution in [3.63, 3.8) is 0 Å². The number of nitrogens with two attached hydrogens (primary N) is 1. The molecule has 0 spiro atoms. The summed E-state index contributed by atoms with van der Waals surface area (Å²) in [6, 6.07) is 0. The van der Waals surface area contributed by atoms with Crippen molar-refractivity contribution >= 4 is 17.7 Å². The van der Waals surface area contributed by atoms with Crippen molar-refractivity contribution in [3.05, 3.63) is 12.0 Å². The van der Waals surface area contributed by atoms with Crippen LogP contribution in [0.1, 0.15) is 31.9 Å². The maximum atomic E-state index is 11.9. The largest absolute Gasteiger partial charge is 0.440 e. The van der Waals surface area contributed by atoms with Crippen LogP contribution in [0.3, 0.4) is 0 Å². The first-order chi connectivity index (χ1) is 9.08. The zero-order valence-corrected chi connectivity index (χ0v) is 12.3. The lowest BCUT2D eigenvalue weighted by atomic mass is 9.94. The smallest absolute Gasteiger partial charge is 0.255 e. The fourth-order valence-corrected chi connectivity index (χ4v) is 3.33. The SMILES string of the molecule is CCCNC(CSc1nc(C)co1)(C(N)=O)C1CC1. The van der Waals surface area contributed by atoms with Gasteiger partial charge in [0.1, 0.15) is 11.8 Å². The highest BCUT2D eigenvalue weighted by atomic mass is 32.2. The molecule has 0 aromatic carbocycles. The van der Waals surface area contributed by atoms with Gasteiger partial charge in [-0.25, -0.2) is 4.98 Å². The van der Waals surface area contributed by atoms with Crippen LogP contribution in [0.2, 0.25) is 0 Å². The van der Waals surface area contributed by atoms with E-state index in [0.717, 1.165) is 31.5 Å². The van der Waals surface area contributed by atoms with E-state index in [1.165, 1.54) is 11.8 Å². The van der Waals surface area contributed by atoms with Crippen LogP contribution in [0.5, 0.6) is 0 Å². The lowest BCUT2D eigenvalue weighted by molar-refractivity contribution is -0.124. The molecule has 0 bridgehead atoms. The minimum Gasteiger partial charge on any atom is -0.440 e. The fraction of sp³-hybridized carbons (Fsp3) is 0.692. The van der Waals surface area contributed by atoms with Crippen molar-refractivity contribution in [1.29, 1.82) is 0 Å². The van der Waals surface area contributed by atoms with Gasteiger partial charge in [-0.15, -0.1) is 0 Å². The number of amides is 1. The van der Waals surface area contributed by atoms with E-state index in [4.69, 9.17) is 10.2 Å². The van der Waals surface area contributed by atoms with E-state index in [1.54, 1.807) is 6.26 Å². The van der Waals surface area contributed by atoms with Crippen LogP contribution in [0.4, 0.5) is 0 Å². The van der Waals surface area contributed by atoms with Crippen molar-refractivity contribution in [2.45, 2.75) is 43.9 Å². The molecular formula is C13H21N3O2S. The number of rotatable bonds is 8. The number of nitrogens with one attached hydrogen (secondary N) is 1. The van der Waals surface area contributed by atoms with Gasteiger partial charge in [-0.3, -0.25) is 4.79 Å². The molecular weight excluding hydrogens is 262 g/mol. The van der Waals surface area contributed by atoms with Gasteiger partial charge < -0.3 is 15.5 Å². The van der Waals surface area contributed by atoms with E-state index in [2.05, 4.69) is 17.2 Å². The first kappa shape index (κ1) is 14.4. The number of primary amides is 1. The summed E-state index contributed by atoms with van der Waals surface area (Å²) in [4.78, 5) is 16.2. The molecule has 1 aromatic rings. The molecule has 106 valence electrons. The summed E-state index contributed by atoms with van der Waals surface area (Å²) in [6.45, 7) is 4.76. The van der Waals surface area contributed by atoms with Crippen LogP contribution in [0.25, 0.3) is 0 Å². The van der Waals surface area contributed by atoms with Gasteiger partial charge in [-0.2, -0.15) is 0 Å². The Labute approximate surface area is 117 Å². The lowest BCUT2D eigenvalue weighted by Gasteiger charge is -2.31. The lowest BCUT2D eigenvalue weighted by Crippen LogP contribution is -2.59. The number of hydrogen-bond acceptors (Lipinski definition) is 5. The minimum atomic E-state index is -0.622. The number of aromatic nitrogens is 1. The average Bonchev–Trinajstić information content (AvgIpc) is 3.13. The molecule has 3 N–H and O–H groups in total. The molecule has 1 aliphatic rings. The molecule has 6 heteroatoms. The summed E-state index contributed by atoms with van der Waals surface area (Å²) < 4.78 is 5.32. The molecule has 5 nitrogen and oxygen atoms in total. The third kappa shape index (κ3) is 3.30. The number of carbonyl (C=O) groups excluding carboxylic acids is 1. The maximum absolute atomic E-state index is 11.9. The van der Waals surface area contributed by atoms with Gasteiger partial charge in [0.25, 0.3) is 5.22 Å². The average molecular weight is 283 g/mol. The standard InChI is InChI=1S/C13H21N3O2S/c1-3-6-15-13(11(14)17,10-4-5-10)8-19-12-16-9(2)7-18-12/h7,10,15H,3-6,8H2,1-2H3,(H2,14,17). The Bertz CT molecular complexity index is 445. The molecule has 1 amide bonds. The third-order valence-corrected chi connectivity index (χ3v) is 4.46. The summed E-state index contributed by atoms with van der Waals surface area (Å²) in [5.74, 6) is 0.659.